The number of carbonyl (C=O) groups is 2. The van der Waals surface area contributed by atoms with Crippen molar-refractivity contribution in [2.45, 2.75) is 13.8 Å². The molecule has 164 valence electrons. The SMILES string of the molecule is CCN(CC(=O)Nc1cccc(OC)c1)C(=O)c1cc(-c2ccco2)nc2onc(C)c12. The molecule has 4 aromatic rings. The number of hydrogen-bond acceptors (Lipinski definition) is 7. The molecule has 9 heteroatoms. The van der Waals surface area contributed by atoms with Gasteiger partial charge in [0, 0.05) is 18.3 Å². The van der Waals surface area contributed by atoms with Gasteiger partial charge in [-0.1, -0.05) is 11.2 Å². The number of nitrogens with zero attached hydrogens (tertiary/aromatic N) is 3. The molecule has 3 aromatic heterocycles. The highest BCUT2D eigenvalue weighted by Gasteiger charge is 2.24. The molecule has 0 fully saturated rings. The number of likely N-dealkylation sites (N-methyl/N-ethyl adjacent to an activating group) is 1. The number of methoxy groups -OCH3 is 1. The summed E-state index contributed by atoms with van der Waals surface area (Å²) in [6.45, 7) is 3.75. The van der Waals surface area contributed by atoms with Crippen LogP contribution < -0.4 is 10.1 Å². The number of fused-ring (bicyclic) bond motifs is 1. The van der Waals surface area contributed by atoms with Gasteiger partial charge in [-0.15, -0.1) is 0 Å². The van der Waals surface area contributed by atoms with Crippen LogP contribution in [0.3, 0.4) is 0 Å². The Kier molecular flexibility index (Phi) is 5.89. The minimum absolute atomic E-state index is 0.128. The van der Waals surface area contributed by atoms with Crippen molar-refractivity contribution in [3.63, 3.8) is 0 Å². The van der Waals surface area contributed by atoms with Crippen LogP contribution >= 0.6 is 0 Å². The first-order chi connectivity index (χ1) is 15.5. The molecule has 0 aliphatic rings. The number of carbonyl (C=O) groups excluding carboxylic acids is 2. The van der Waals surface area contributed by atoms with E-state index in [1.807, 2.05) is 6.92 Å². The average molecular weight is 434 g/mol. The third-order valence-corrected chi connectivity index (χ3v) is 4.98. The first kappa shape index (κ1) is 21.1. The van der Waals surface area contributed by atoms with Crippen molar-refractivity contribution in [1.82, 2.24) is 15.0 Å². The Morgan fingerprint density at radius 2 is 2.03 bits per heavy atom. The Hall–Kier alpha value is -4.14. The molecule has 3 heterocycles. The average Bonchev–Trinajstić information content (AvgIpc) is 3.47. The number of aryl methyl sites for hydroxylation is 1. The van der Waals surface area contributed by atoms with Crippen molar-refractivity contribution in [3.05, 3.63) is 60.0 Å². The number of amides is 2. The fourth-order valence-electron chi connectivity index (χ4n) is 3.39. The maximum Gasteiger partial charge on any atom is 0.259 e. The minimum Gasteiger partial charge on any atom is -0.497 e. The van der Waals surface area contributed by atoms with E-state index in [4.69, 9.17) is 13.7 Å². The lowest BCUT2D eigenvalue weighted by Gasteiger charge is -2.21. The van der Waals surface area contributed by atoms with E-state index >= 15 is 0 Å². The second kappa shape index (κ2) is 8.93. The van der Waals surface area contributed by atoms with Gasteiger partial charge in [-0.25, -0.2) is 4.98 Å². The molecule has 0 saturated heterocycles. The van der Waals surface area contributed by atoms with Gasteiger partial charge in [0.15, 0.2) is 5.76 Å². The second-order valence-electron chi connectivity index (χ2n) is 7.08. The lowest BCUT2D eigenvalue weighted by Crippen LogP contribution is -2.38. The molecule has 9 nitrogen and oxygen atoms in total. The summed E-state index contributed by atoms with van der Waals surface area (Å²) in [4.78, 5) is 32.0. The number of pyridine rings is 1. The molecule has 1 aromatic carbocycles. The summed E-state index contributed by atoms with van der Waals surface area (Å²) < 4.78 is 15.9. The Balaban J connectivity index is 1.61. The predicted molar refractivity (Wildman–Crippen MR) is 117 cm³/mol. The number of benzene rings is 1. The maximum atomic E-state index is 13.4. The highest BCUT2D eigenvalue weighted by molar-refractivity contribution is 6.08. The molecule has 0 bridgehead atoms. The summed E-state index contributed by atoms with van der Waals surface area (Å²) in [5.41, 5.74) is 2.14. The van der Waals surface area contributed by atoms with E-state index in [-0.39, 0.29) is 24.1 Å². The first-order valence-electron chi connectivity index (χ1n) is 10.0. The molecule has 4 rings (SSSR count). The number of aromatic nitrogens is 2. The number of furan rings is 1. The summed E-state index contributed by atoms with van der Waals surface area (Å²) in [5.74, 6) is 0.458. The number of ether oxygens (including phenoxy) is 1. The molecular formula is C23H22N4O5. The molecule has 0 unspecified atom stereocenters. The summed E-state index contributed by atoms with van der Waals surface area (Å²) in [6, 6.07) is 12.1. The minimum atomic E-state index is -0.334. The molecular weight excluding hydrogens is 412 g/mol. The Labute approximate surface area is 184 Å². The number of hydrogen-bond donors (Lipinski definition) is 1. The fourth-order valence-corrected chi connectivity index (χ4v) is 3.39. The molecule has 1 N–H and O–H groups in total. The predicted octanol–water partition coefficient (Wildman–Crippen LogP) is 3.90. The smallest absolute Gasteiger partial charge is 0.259 e. The maximum absolute atomic E-state index is 13.4. The van der Waals surface area contributed by atoms with Crippen molar-refractivity contribution < 1.29 is 23.3 Å². The van der Waals surface area contributed by atoms with Gasteiger partial charge in [0.2, 0.25) is 5.91 Å². The topological polar surface area (TPSA) is 111 Å². The molecule has 2 amide bonds. The zero-order chi connectivity index (χ0) is 22.7. The van der Waals surface area contributed by atoms with Gasteiger partial charge in [0.1, 0.15) is 18.0 Å². The summed E-state index contributed by atoms with van der Waals surface area (Å²) in [6.07, 6.45) is 1.52. The highest BCUT2D eigenvalue weighted by Crippen LogP contribution is 2.28. The van der Waals surface area contributed by atoms with Crippen molar-refractivity contribution in [1.29, 1.82) is 0 Å². The van der Waals surface area contributed by atoms with E-state index in [1.165, 1.54) is 11.2 Å². The van der Waals surface area contributed by atoms with Crippen LogP contribution in [0.2, 0.25) is 0 Å². The third-order valence-electron chi connectivity index (χ3n) is 4.98. The van der Waals surface area contributed by atoms with Gasteiger partial charge in [-0.05, 0) is 44.2 Å². The van der Waals surface area contributed by atoms with Crippen LogP contribution in [0.25, 0.3) is 22.6 Å². The molecule has 0 aliphatic carbocycles. The van der Waals surface area contributed by atoms with Crippen molar-refractivity contribution in [3.8, 4) is 17.2 Å². The van der Waals surface area contributed by atoms with Gasteiger partial charge < -0.3 is 23.9 Å². The van der Waals surface area contributed by atoms with E-state index in [9.17, 15) is 9.59 Å². The van der Waals surface area contributed by atoms with Crippen LogP contribution in [0, 0.1) is 6.92 Å². The second-order valence-corrected chi connectivity index (χ2v) is 7.08. The molecule has 0 radical (unpaired) electrons. The Morgan fingerprint density at radius 3 is 2.75 bits per heavy atom. The summed E-state index contributed by atoms with van der Waals surface area (Å²) in [7, 11) is 1.55. The molecule has 0 atom stereocenters. The number of rotatable bonds is 7. The van der Waals surface area contributed by atoms with Gasteiger partial charge >= 0.3 is 0 Å². The highest BCUT2D eigenvalue weighted by atomic mass is 16.5. The molecule has 0 spiro atoms. The monoisotopic (exact) mass is 434 g/mol. The van der Waals surface area contributed by atoms with E-state index in [2.05, 4.69) is 15.5 Å². The largest absolute Gasteiger partial charge is 0.497 e. The van der Waals surface area contributed by atoms with Crippen LogP contribution in [0.5, 0.6) is 5.75 Å². The van der Waals surface area contributed by atoms with Crippen molar-refractivity contribution >= 4 is 28.6 Å². The quantitative estimate of drug-likeness (QED) is 0.470. The molecule has 0 aliphatic heterocycles. The van der Waals surface area contributed by atoms with E-state index in [0.717, 1.165) is 0 Å². The standard InChI is InChI=1S/C23H22N4O5/c1-4-27(13-20(28)24-15-7-5-8-16(11-15)30-3)23(29)17-12-18(19-9-6-10-31-19)25-22-21(17)14(2)26-32-22/h5-12H,4,13H2,1-3H3,(H,24,28). The lowest BCUT2D eigenvalue weighted by molar-refractivity contribution is -0.116. The van der Waals surface area contributed by atoms with Crippen molar-refractivity contribution in [2.24, 2.45) is 0 Å². The number of anilines is 1. The fraction of sp³-hybridized carbons (Fsp3) is 0.217. The van der Waals surface area contributed by atoms with Crippen LogP contribution in [0.4, 0.5) is 5.69 Å². The summed E-state index contributed by atoms with van der Waals surface area (Å²) >= 11 is 0. The number of nitrogens with one attached hydrogen (secondary N) is 1. The lowest BCUT2D eigenvalue weighted by atomic mass is 10.1. The van der Waals surface area contributed by atoms with Crippen LogP contribution in [0.1, 0.15) is 23.0 Å². The van der Waals surface area contributed by atoms with E-state index in [0.29, 0.717) is 46.1 Å². The Morgan fingerprint density at radius 1 is 1.19 bits per heavy atom. The van der Waals surface area contributed by atoms with Gasteiger partial charge in [0.25, 0.3) is 11.6 Å². The van der Waals surface area contributed by atoms with Crippen molar-refractivity contribution in [2.75, 3.05) is 25.5 Å². The van der Waals surface area contributed by atoms with E-state index in [1.54, 1.807) is 56.5 Å². The van der Waals surface area contributed by atoms with Gasteiger partial charge in [-0.3, -0.25) is 9.59 Å². The van der Waals surface area contributed by atoms with Gasteiger partial charge in [0.05, 0.1) is 30.0 Å². The Bertz CT molecular complexity index is 1260. The zero-order valence-corrected chi connectivity index (χ0v) is 17.9. The normalized spacial score (nSPS) is 10.8. The van der Waals surface area contributed by atoms with Crippen LogP contribution in [0.15, 0.2) is 57.7 Å². The van der Waals surface area contributed by atoms with Gasteiger partial charge in [-0.2, -0.15) is 0 Å². The molecule has 0 saturated carbocycles. The third kappa shape index (κ3) is 4.18. The van der Waals surface area contributed by atoms with Crippen LogP contribution in [-0.4, -0.2) is 47.1 Å². The first-order valence-corrected chi connectivity index (χ1v) is 10.0. The summed E-state index contributed by atoms with van der Waals surface area (Å²) in [5, 5.41) is 7.25. The van der Waals surface area contributed by atoms with Crippen LogP contribution in [-0.2, 0) is 4.79 Å². The van der Waals surface area contributed by atoms with E-state index < -0.39 is 0 Å². The zero-order valence-electron chi connectivity index (χ0n) is 17.9. The molecule has 32 heavy (non-hydrogen) atoms.